The van der Waals surface area contributed by atoms with Gasteiger partial charge in [-0.1, -0.05) is 6.07 Å². The van der Waals surface area contributed by atoms with Gasteiger partial charge in [0, 0.05) is 18.8 Å². The van der Waals surface area contributed by atoms with Gasteiger partial charge in [-0.2, -0.15) is 5.10 Å². The van der Waals surface area contributed by atoms with E-state index in [1.807, 2.05) is 25.1 Å². The normalized spacial score (nSPS) is 16.9. The smallest absolute Gasteiger partial charge is 0.305 e. The monoisotopic (exact) mass is 343 g/mol. The third kappa shape index (κ3) is 3.50. The lowest BCUT2D eigenvalue weighted by Crippen LogP contribution is -2.37. The summed E-state index contributed by atoms with van der Waals surface area (Å²) in [6.07, 6.45) is 3.21. The van der Waals surface area contributed by atoms with Gasteiger partial charge in [-0.05, 0) is 43.5 Å². The zero-order chi connectivity index (χ0) is 18.0. The van der Waals surface area contributed by atoms with E-state index in [2.05, 4.69) is 5.10 Å². The van der Waals surface area contributed by atoms with Gasteiger partial charge >= 0.3 is 5.97 Å². The van der Waals surface area contributed by atoms with Crippen LogP contribution in [0.25, 0.3) is 5.69 Å². The van der Waals surface area contributed by atoms with Crippen molar-refractivity contribution in [1.29, 1.82) is 0 Å². The summed E-state index contributed by atoms with van der Waals surface area (Å²) in [5.74, 6) is -0.452. The lowest BCUT2D eigenvalue weighted by atomic mass is 10.1. The first-order valence-corrected chi connectivity index (χ1v) is 8.23. The van der Waals surface area contributed by atoms with Gasteiger partial charge < -0.3 is 14.7 Å². The van der Waals surface area contributed by atoms with Gasteiger partial charge in [-0.3, -0.25) is 9.59 Å². The number of amides is 1. The van der Waals surface area contributed by atoms with Crippen LogP contribution in [-0.4, -0.2) is 51.4 Å². The van der Waals surface area contributed by atoms with E-state index in [0.717, 1.165) is 17.7 Å². The molecule has 1 amide bonds. The van der Waals surface area contributed by atoms with Crippen molar-refractivity contribution in [3.63, 3.8) is 0 Å². The highest BCUT2D eigenvalue weighted by Crippen LogP contribution is 2.25. The van der Waals surface area contributed by atoms with Crippen molar-refractivity contribution in [2.75, 3.05) is 13.7 Å². The van der Waals surface area contributed by atoms with Crippen molar-refractivity contribution in [3.8, 4) is 11.4 Å². The van der Waals surface area contributed by atoms with Crippen molar-refractivity contribution in [3.05, 3.63) is 41.7 Å². The zero-order valence-electron chi connectivity index (χ0n) is 14.3. The van der Waals surface area contributed by atoms with Crippen molar-refractivity contribution < 1.29 is 19.4 Å². The maximum Gasteiger partial charge on any atom is 0.305 e. The Labute approximate surface area is 145 Å². The summed E-state index contributed by atoms with van der Waals surface area (Å²) in [4.78, 5) is 25.3. The quantitative estimate of drug-likeness (QED) is 0.900. The van der Waals surface area contributed by atoms with E-state index in [9.17, 15) is 9.59 Å². The molecule has 3 rings (SSSR count). The molecule has 0 saturated carbocycles. The predicted molar refractivity (Wildman–Crippen MR) is 91.2 cm³/mol. The molecule has 1 atom stereocenters. The Morgan fingerprint density at radius 1 is 1.36 bits per heavy atom. The number of carbonyl (C=O) groups is 2. The van der Waals surface area contributed by atoms with Crippen LogP contribution in [0, 0.1) is 6.92 Å². The summed E-state index contributed by atoms with van der Waals surface area (Å²) in [7, 11) is 1.59. The molecule has 1 N–H and O–H groups in total. The van der Waals surface area contributed by atoms with Gasteiger partial charge in [0.05, 0.1) is 13.5 Å². The number of carbonyl (C=O) groups excluding carboxylic acids is 1. The zero-order valence-corrected chi connectivity index (χ0v) is 14.3. The minimum atomic E-state index is -0.889. The molecule has 0 radical (unpaired) electrons. The Balaban J connectivity index is 1.85. The Bertz CT molecular complexity index is 799. The molecule has 7 heteroatoms. The number of rotatable bonds is 5. The third-order valence-electron chi connectivity index (χ3n) is 4.44. The molecule has 1 saturated heterocycles. The van der Waals surface area contributed by atoms with Gasteiger partial charge in [0.2, 0.25) is 0 Å². The molecule has 0 aliphatic carbocycles. The Morgan fingerprint density at radius 3 is 2.88 bits per heavy atom. The van der Waals surface area contributed by atoms with Gasteiger partial charge in [0.25, 0.3) is 5.91 Å². The first kappa shape index (κ1) is 17.0. The number of benzene rings is 1. The molecule has 0 spiro atoms. The van der Waals surface area contributed by atoms with Crippen LogP contribution in [0.1, 0.15) is 35.3 Å². The summed E-state index contributed by atoms with van der Waals surface area (Å²) in [5.41, 5.74) is 2.12. The van der Waals surface area contributed by atoms with Crippen LogP contribution in [0.3, 0.4) is 0 Å². The molecule has 1 aromatic heterocycles. The van der Waals surface area contributed by atoms with Crippen LogP contribution in [0.2, 0.25) is 0 Å². The number of ether oxygens (including phenoxy) is 1. The van der Waals surface area contributed by atoms with Gasteiger partial charge in [-0.15, -0.1) is 0 Å². The average Bonchev–Trinajstić information content (AvgIpc) is 3.23. The Morgan fingerprint density at radius 2 is 2.16 bits per heavy atom. The fourth-order valence-corrected chi connectivity index (χ4v) is 3.22. The van der Waals surface area contributed by atoms with E-state index >= 15 is 0 Å². The van der Waals surface area contributed by atoms with Crippen LogP contribution < -0.4 is 4.74 Å². The highest BCUT2D eigenvalue weighted by atomic mass is 16.5. The first-order chi connectivity index (χ1) is 12.0. The van der Waals surface area contributed by atoms with Crippen molar-refractivity contribution >= 4 is 11.9 Å². The minimum absolute atomic E-state index is 0.0296. The SMILES string of the molecule is COc1ccc(C)cc1-n1ccc(C(=O)N2CCCC2CC(=O)O)n1. The molecule has 2 aromatic rings. The number of aromatic nitrogens is 2. The number of carboxylic acids is 1. The fraction of sp³-hybridized carbons (Fsp3) is 0.389. The molecule has 1 unspecified atom stereocenters. The minimum Gasteiger partial charge on any atom is -0.494 e. The van der Waals surface area contributed by atoms with E-state index in [4.69, 9.17) is 9.84 Å². The van der Waals surface area contributed by atoms with E-state index in [1.165, 1.54) is 0 Å². The number of hydrogen-bond donors (Lipinski definition) is 1. The molecule has 0 bridgehead atoms. The van der Waals surface area contributed by atoms with Gasteiger partial charge in [-0.25, -0.2) is 4.68 Å². The second-order valence-corrected chi connectivity index (χ2v) is 6.21. The molecule has 25 heavy (non-hydrogen) atoms. The van der Waals surface area contributed by atoms with E-state index < -0.39 is 5.97 Å². The number of methoxy groups -OCH3 is 1. The topological polar surface area (TPSA) is 84.7 Å². The Hall–Kier alpha value is -2.83. The summed E-state index contributed by atoms with van der Waals surface area (Å²) in [6.45, 7) is 2.54. The summed E-state index contributed by atoms with van der Waals surface area (Å²) in [6, 6.07) is 7.13. The van der Waals surface area contributed by atoms with Gasteiger partial charge in [0.15, 0.2) is 5.69 Å². The molecule has 7 nitrogen and oxygen atoms in total. The van der Waals surface area contributed by atoms with Crippen molar-refractivity contribution in [1.82, 2.24) is 14.7 Å². The fourth-order valence-electron chi connectivity index (χ4n) is 3.22. The molecule has 1 aromatic carbocycles. The lowest BCUT2D eigenvalue weighted by molar-refractivity contribution is -0.137. The molecule has 1 aliphatic heterocycles. The van der Waals surface area contributed by atoms with E-state index in [0.29, 0.717) is 24.4 Å². The second kappa shape index (κ2) is 6.96. The number of aliphatic carboxylic acids is 1. The third-order valence-corrected chi connectivity index (χ3v) is 4.44. The number of hydrogen-bond acceptors (Lipinski definition) is 4. The highest BCUT2D eigenvalue weighted by Gasteiger charge is 2.32. The van der Waals surface area contributed by atoms with Crippen LogP contribution in [0.15, 0.2) is 30.5 Å². The van der Waals surface area contributed by atoms with Crippen molar-refractivity contribution in [2.24, 2.45) is 0 Å². The van der Waals surface area contributed by atoms with Crippen LogP contribution in [0.5, 0.6) is 5.75 Å². The molecule has 1 fully saturated rings. The van der Waals surface area contributed by atoms with Crippen LogP contribution in [0.4, 0.5) is 0 Å². The number of likely N-dealkylation sites (tertiary alicyclic amines) is 1. The maximum atomic E-state index is 12.7. The summed E-state index contributed by atoms with van der Waals surface area (Å²) >= 11 is 0. The second-order valence-electron chi connectivity index (χ2n) is 6.21. The predicted octanol–water partition coefficient (Wildman–Crippen LogP) is 2.27. The molecule has 2 heterocycles. The summed E-state index contributed by atoms with van der Waals surface area (Å²) < 4.78 is 6.98. The average molecular weight is 343 g/mol. The van der Waals surface area contributed by atoms with E-state index in [1.54, 1.807) is 29.0 Å². The summed E-state index contributed by atoms with van der Waals surface area (Å²) in [5, 5.41) is 13.4. The molecular weight excluding hydrogens is 322 g/mol. The molecule has 132 valence electrons. The molecule has 1 aliphatic rings. The number of nitrogens with zero attached hydrogens (tertiary/aromatic N) is 3. The van der Waals surface area contributed by atoms with Crippen molar-refractivity contribution in [2.45, 2.75) is 32.2 Å². The Kier molecular flexibility index (Phi) is 4.74. The number of carboxylic acid groups (broad SMARTS) is 1. The number of aryl methyl sites for hydroxylation is 1. The largest absolute Gasteiger partial charge is 0.494 e. The van der Waals surface area contributed by atoms with Crippen LogP contribution in [-0.2, 0) is 4.79 Å². The van der Waals surface area contributed by atoms with E-state index in [-0.39, 0.29) is 18.4 Å². The first-order valence-electron chi connectivity index (χ1n) is 8.23. The maximum absolute atomic E-state index is 12.7. The van der Waals surface area contributed by atoms with Crippen LogP contribution >= 0.6 is 0 Å². The molecular formula is C18H21N3O4. The standard InChI is InChI=1S/C18H21N3O4/c1-12-5-6-16(25-2)15(10-12)21-9-7-14(19-21)18(24)20-8-3-4-13(20)11-17(22)23/h5-7,9-10,13H,3-4,8,11H2,1-2H3,(H,22,23). The lowest BCUT2D eigenvalue weighted by Gasteiger charge is -2.22. The van der Waals surface area contributed by atoms with Gasteiger partial charge in [0.1, 0.15) is 11.4 Å². The highest BCUT2D eigenvalue weighted by molar-refractivity contribution is 5.93.